The van der Waals surface area contributed by atoms with Gasteiger partial charge in [0.05, 0.1) is 12.7 Å². The molecule has 0 heterocycles. The third kappa shape index (κ3) is 3.09. The zero-order chi connectivity index (χ0) is 16.1. The highest BCUT2D eigenvalue weighted by atomic mass is 16.5. The van der Waals surface area contributed by atoms with Crippen LogP contribution < -0.4 is 9.64 Å². The maximum Gasteiger partial charge on any atom is 0.153 e. The Morgan fingerprint density at radius 2 is 1.35 bits per heavy atom. The predicted octanol–water partition coefficient (Wildman–Crippen LogP) is 4.98. The van der Waals surface area contributed by atoms with Crippen LogP contribution in [0.3, 0.4) is 0 Å². The van der Waals surface area contributed by atoms with E-state index < -0.39 is 0 Å². The second-order valence-corrected chi connectivity index (χ2v) is 5.05. The number of methoxy groups -OCH3 is 1. The summed E-state index contributed by atoms with van der Waals surface area (Å²) in [4.78, 5) is 13.2. The molecule has 114 valence electrons. The summed E-state index contributed by atoms with van der Waals surface area (Å²) in [6.07, 6.45) is 0.804. The number of ether oxygens (including phenoxy) is 1. The molecular weight excluding hydrogens is 286 g/mol. The van der Waals surface area contributed by atoms with Crippen LogP contribution in [-0.2, 0) is 0 Å². The molecule has 0 saturated heterocycles. The molecule has 0 radical (unpaired) electrons. The largest absolute Gasteiger partial charge is 0.496 e. The van der Waals surface area contributed by atoms with E-state index in [1.165, 1.54) is 0 Å². The number of benzene rings is 3. The Bertz CT molecular complexity index is 746. The molecule has 3 heteroatoms. The summed E-state index contributed by atoms with van der Waals surface area (Å²) in [6.45, 7) is 0. The summed E-state index contributed by atoms with van der Waals surface area (Å²) in [7, 11) is 1.57. The first-order chi connectivity index (χ1) is 11.3. The standard InChI is InChI=1S/C20H17NO2/c1-23-20-14-19(13-12-16(20)15-22)21(17-8-4-2-5-9-17)18-10-6-3-7-11-18/h2-15H,1H3. The maximum absolute atomic E-state index is 11.1. The van der Waals surface area contributed by atoms with E-state index in [0.29, 0.717) is 11.3 Å². The molecule has 3 nitrogen and oxygen atoms in total. The van der Waals surface area contributed by atoms with Crippen LogP contribution in [0.4, 0.5) is 17.1 Å². The third-order valence-electron chi connectivity index (χ3n) is 3.63. The van der Waals surface area contributed by atoms with Gasteiger partial charge in [0, 0.05) is 23.1 Å². The Morgan fingerprint density at radius 3 is 1.83 bits per heavy atom. The van der Waals surface area contributed by atoms with Gasteiger partial charge in [-0.05, 0) is 36.4 Å². The number of para-hydroxylation sites is 2. The van der Waals surface area contributed by atoms with E-state index in [2.05, 4.69) is 4.90 Å². The molecule has 0 aliphatic heterocycles. The van der Waals surface area contributed by atoms with Crippen molar-refractivity contribution < 1.29 is 9.53 Å². The highest BCUT2D eigenvalue weighted by molar-refractivity contribution is 5.83. The SMILES string of the molecule is COc1cc(N(c2ccccc2)c2ccccc2)ccc1C=O. The zero-order valence-electron chi connectivity index (χ0n) is 12.8. The average Bonchev–Trinajstić information content (AvgIpc) is 2.63. The van der Waals surface area contributed by atoms with Gasteiger partial charge in [-0.2, -0.15) is 0 Å². The summed E-state index contributed by atoms with van der Waals surface area (Å²) in [6, 6.07) is 25.8. The monoisotopic (exact) mass is 303 g/mol. The molecule has 0 atom stereocenters. The first-order valence-corrected chi connectivity index (χ1v) is 7.37. The fraction of sp³-hybridized carbons (Fsp3) is 0.0500. The molecule has 0 saturated carbocycles. The van der Waals surface area contributed by atoms with Crippen LogP contribution >= 0.6 is 0 Å². The topological polar surface area (TPSA) is 29.5 Å². The molecule has 0 aliphatic carbocycles. The predicted molar refractivity (Wildman–Crippen MR) is 93.1 cm³/mol. The number of aldehydes is 1. The van der Waals surface area contributed by atoms with E-state index in [-0.39, 0.29) is 0 Å². The summed E-state index contributed by atoms with van der Waals surface area (Å²) in [5.74, 6) is 0.564. The van der Waals surface area contributed by atoms with Gasteiger partial charge in [0.25, 0.3) is 0 Å². The number of carbonyl (C=O) groups is 1. The van der Waals surface area contributed by atoms with Gasteiger partial charge in [-0.15, -0.1) is 0 Å². The first kappa shape index (κ1) is 14.9. The van der Waals surface area contributed by atoms with Crippen molar-refractivity contribution in [3.63, 3.8) is 0 Å². The highest BCUT2D eigenvalue weighted by Crippen LogP contribution is 2.36. The van der Waals surface area contributed by atoms with Crippen LogP contribution in [-0.4, -0.2) is 13.4 Å². The molecule has 0 amide bonds. The molecule has 0 spiro atoms. The van der Waals surface area contributed by atoms with Crippen molar-refractivity contribution in [2.24, 2.45) is 0 Å². The van der Waals surface area contributed by atoms with Gasteiger partial charge in [-0.1, -0.05) is 36.4 Å². The van der Waals surface area contributed by atoms with Gasteiger partial charge >= 0.3 is 0 Å². The number of carbonyl (C=O) groups excluding carboxylic acids is 1. The van der Waals surface area contributed by atoms with Crippen molar-refractivity contribution in [1.82, 2.24) is 0 Å². The fourth-order valence-electron chi connectivity index (χ4n) is 2.54. The third-order valence-corrected chi connectivity index (χ3v) is 3.63. The van der Waals surface area contributed by atoms with Gasteiger partial charge in [-0.25, -0.2) is 0 Å². The van der Waals surface area contributed by atoms with E-state index in [1.807, 2.05) is 72.8 Å². The molecule has 3 aromatic carbocycles. The Hall–Kier alpha value is -3.07. The Morgan fingerprint density at radius 1 is 0.783 bits per heavy atom. The Labute approximate surface area is 135 Å². The summed E-state index contributed by atoms with van der Waals surface area (Å²) < 4.78 is 5.34. The number of hydrogen-bond acceptors (Lipinski definition) is 3. The van der Waals surface area contributed by atoms with Gasteiger partial charge < -0.3 is 9.64 Å². The molecule has 0 bridgehead atoms. The van der Waals surface area contributed by atoms with Crippen LogP contribution in [0.2, 0.25) is 0 Å². The normalized spacial score (nSPS) is 10.1. The van der Waals surface area contributed by atoms with Crippen molar-refractivity contribution >= 4 is 23.3 Å². The lowest BCUT2D eigenvalue weighted by Crippen LogP contribution is -2.10. The quantitative estimate of drug-likeness (QED) is 0.623. The summed E-state index contributed by atoms with van der Waals surface area (Å²) in [5.41, 5.74) is 3.56. The molecule has 0 aliphatic rings. The Kier molecular flexibility index (Phi) is 4.39. The summed E-state index contributed by atoms with van der Waals surface area (Å²) in [5, 5.41) is 0. The summed E-state index contributed by atoms with van der Waals surface area (Å²) >= 11 is 0. The van der Waals surface area contributed by atoms with Crippen LogP contribution in [0.1, 0.15) is 10.4 Å². The van der Waals surface area contributed by atoms with Gasteiger partial charge in [0.15, 0.2) is 6.29 Å². The first-order valence-electron chi connectivity index (χ1n) is 7.37. The van der Waals surface area contributed by atoms with Crippen molar-refractivity contribution in [1.29, 1.82) is 0 Å². The molecule has 23 heavy (non-hydrogen) atoms. The lowest BCUT2D eigenvalue weighted by atomic mass is 10.1. The lowest BCUT2D eigenvalue weighted by molar-refractivity contribution is 0.112. The minimum absolute atomic E-state index is 0.539. The molecule has 0 aromatic heterocycles. The van der Waals surface area contributed by atoms with Crippen molar-refractivity contribution in [2.45, 2.75) is 0 Å². The van der Waals surface area contributed by atoms with Gasteiger partial charge in [0.2, 0.25) is 0 Å². The highest BCUT2D eigenvalue weighted by Gasteiger charge is 2.14. The number of hydrogen-bond donors (Lipinski definition) is 0. The fourth-order valence-corrected chi connectivity index (χ4v) is 2.54. The lowest BCUT2D eigenvalue weighted by Gasteiger charge is -2.25. The average molecular weight is 303 g/mol. The van der Waals surface area contributed by atoms with E-state index in [4.69, 9.17) is 4.74 Å². The van der Waals surface area contributed by atoms with E-state index in [0.717, 1.165) is 23.3 Å². The van der Waals surface area contributed by atoms with Gasteiger partial charge in [-0.3, -0.25) is 4.79 Å². The molecule has 0 N–H and O–H groups in total. The molecular formula is C20H17NO2. The van der Waals surface area contributed by atoms with Crippen LogP contribution in [0.5, 0.6) is 5.75 Å². The number of anilines is 3. The van der Waals surface area contributed by atoms with E-state index in [1.54, 1.807) is 13.2 Å². The minimum atomic E-state index is 0.539. The number of rotatable bonds is 5. The smallest absolute Gasteiger partial charge is 0.153 e. The maximum atomic E-state index is 11.1. The van der Waals surface area contributed by atoms with Crippen molar-refractivity contribution in [3.05, 3.63) is 84.4 Å². The zero-order valence-corrected chi connectivity index (χ0v) is 12.8. The second-order valence-electron chi connectivity index (χ2n) is 5.05. The van der Waals surface area contributed by atoms with Gasteiger partial charge in [0.1, 0.15) is 5.75 Å². The van der Waals surface area contributed by atoms with Crippen LogP contribution in [0, 0.1) is 0 Å². The van der Waals surface area contributed by atoms with E-state index in [9.17, 15) is 4.79 Å². The Balaban J connectivity index is 2.15. The van der Waals surface area contributed by atoms with E-state index >= 15 is 0 Å². The minimum Gasteiger partial charge on any atom is -0.496 e. The van der Waals surface area contributed by atoms with Crippen LogP contribution in [0.15, 0.2) is 78.9 Å². The number of nitrogens with zero attached hydrogens (tertiary/aromatic N) is 1. The molecule has 0 fully saturated rings. The van der Waals surface area contributed by atoms with Crippen LogP contribution in [0.25, 0.3) is 0 Å². The van der Waals surface area contributed by atoms with Crippen molar-refractivity contribution in [3.8, 4) is 5.75 Å². The molecule has 0 unspecified atom stereocenters. The molecule has 3 rings (SSSR count). The van der Waals surface area contributed by atoms with Crippen molar-refractivity contribution in [2.75, 3.05) is 12.0 Å². The second kappa shape index (κ2) is 6.79. The molecule has 3 aromatic rings.